The third-order valence-corrected chi connectivity index (χ3v) is 1.68. The molecule has 0 aliphatic heterocycles. The van der Waals surface area contributed by atoms with Gasteiger partial charge in [-0.15, -0.1) is 12.3 Å². The molecule has 0 radical (unpaired) electrons. The predicted molar refractivity (Wildman–Crippen MR) is 59.9 cm³/mol. The molecule has 0 unspecified atom stereocenters. The van der Waals surface area contributed by atoms with E-state index in [1.54, 1.807) is 6.07 Å². The van der Waals surface area contributed by atoms with Crippen LogP contribution in [0.4, 0.5) is 5.95 Å². The molecular formula is C11H15N3O. The molecule has 4 heteroatoms. The van der Waals surface area contributed by atoms with Gasteiger partial charge in [-0.25, -0.2) is 4.98 Å². The maximum atomic E-state index is 5.30. The number of rotatable bonds is 5. The van der Waals surface area contributed by atoms with E-state index >= 15 is 0 Å². The standard InChI is InChI=1S/C11H15N3O/c1-4-6-7-12-11-13-9(3)8-10(14-11)15-5-2/h1,8H,5-7H2,2-3H3,(H,12,13,14). The molecule has 0 saturated carbocycles. The SMILES string of the molecule is C#CCCNc1nc(C)cc(OCC)n1. The van der Waals surface area contributed by atoms with Crippen LogP contribution < -0.4 is 10.1 Å². The minimum absolute atomic E-state index is 0.564. The normalized spacial score (nSPS) is 9.40. The molecular weight excluding hydrogens is 190 g/mol. The highest BCUT2D eigenvalue weighted by Crippen LogP contribution is 2.11. The molecule has 1 aromatic rings. The van der Waals surface area contributed by atoms with Gasteiger partial charge in [0.1, 0.15) is 0 Å². The zero-order chi connectivity index (χ0) is 11.1. The number of aryl methyl sites for hydroxylation is 1. The summed E-state index contributed by atoms with van der Waals surface area (Å²) in [5.74, 6) is 3.70. The maximum absolute atomic E-state index is 5.30. The Morgan fingerprint density at radius 1 is 1.53 bits per heavy atom. The van der Waals surface area contributed by atoms with Gasteiger partial charge in [-0.3, -0.25) is 0 Å². The molecule has 15 heavy (non-hydrogen) atoms. The van der Waals surface area contributed by atoms with Crippen LogP contribution in [0, 0.1) is 19.3 Å². The largest absolute Gasteiger partial charge is 0.478 e. The summed E-state index contributed by atoms with van der Waals surface area (Å²) in [6.07, 6.45) is 5.80. The number of ether oxygens (including phenoxy) is 1. The monoisotopic (exact) mass is 205 g/mol. The number of terminal acetylenes is 1. The smallest absolute Gasteiger partial charge is 0.226 e. The van der Waals surface area contributed by atoms with E-state index < -0.39 is 0 Å². The summed E-state index contributed by atoms with van der Waals surface area (Å²) in [5, 5.41) is 3.04. The quantitative estimate of drug-likeness (QED) is 0.586. The molecule has 0 aliphatic carbocycles. The molecule has 0 saturated heterocycles. The second-order valence-corrected chi connectivity index (χ2v) is 2.99. The molecule has 0 spiro atoms. The fourth-order valence-corrected chi connectivity index (χ4v) is 1.09. The van der Waals surface area contributed by atoms with E-state index in [0.29, 0.717) is 31.4 Å². The molecule has 0 aliphatic rings. The lowest BCUT2D eigenvalue weighted by Gasteiger charge is -2.06. The molecule has 1 aromatic heterocycles. The molecule has 1 heterocycles. The third-order valence-electron chi connectivity index (χ3n) is 1.68. The Morgan fingerprint density at radius 2 is 2.33 bits per heavy atom. The van der Waals surface area contributed by atoms with Crippen molar-refractivity contribution in [2.75, 3.05) is 18.5 Å². The summed E-state index contributed by atoms with van der Waals surface area (Å²) in [4.78, 5) is 8.40. The Hall–Kier alpha value is -1.76. The second kappa shape index (κ2) is 5.86. The lowest BCUT2D eigenvalue weighted by Crippen LogP contribution is -2.07. The Kier molecular flexibility index (Phi) is 4.42. The molecule has 0 aromatic carbocycles. The summed E-state index contributed by atoms with van der Waals surface area (Å²) in [6.45, 7) is 5.09. The lowest BCUT2D eigenvalue weighted by atomic mass is 10.4. The van der Waals surface area contributed by atoms with Crippen molar-refractivity contribution in [3.05, 3.63) is 11.8 Å². The highest BCUT2D eigenvalue weighted by atomic mass is 16.5. The van der Waals surface area contributed by atoms with E-state index in [1.807, 2.05) is 13.8 Å². The van der Waals surface area contributed by atoms with Gasteiger partial charge in [0, 0.05) is 24.7 Å². The van der Waals surface area contributed by atoms with Gasteiger partial charge >= 0.3 is 0 Å². The number of aromatic nitrogens is 2. The van der Waals surface area contributed by atoms with Gasteiger partial charge in [0.05, 0.1) is 6.61 Å². The zero-order valence-corrected chi connectivity index (χ0v) is 9.08. The van der Waals surface area contributed by atoms with E-state index in [1.165, 1.54) is 0 Å². The van der Waals surface area contributed by atoms with Crippen molar-refractivity contribution in [2.45, 2.75) is 20.3 Å². The van der Waals surface area contributed by atoms with E-state index in [4.69, 9.17) is 11.2 Å². The molecule has 4 nitrogen and oxygen atoms in total. The van der Waals surface area contributed by atoms with Crippen LogP contribution >= 0.6 is 0 Å². The number of nitrogens with one attached hydrogen (secondary N) is 1. The number of nitrogens with zero attached hydrogens (tertiary/aromatic N) is 2. The van der Waals surface area contributed by atoms with Gasteiger partial charge in [0.15, 0.2) is 0 Å². The fourth-order valence-electron chi connectivity index (χ4n) is 1.09. The summed E-state index contributed by atoms with van der Waals surface area (Å²) in [5.41, 5.74) is 0.872. The van der Waals surface area contributed by atoms with Crippen molar-refractivity contribution in [1.29, 1.82) is 0 Å². The topological polar surface area (TPSA) is 47.0 Å². The zero-order valence-electron chi connectivity index (χ0n) is 9.08. The molecule has 0 amide bonds. The summed E-state index contributed by atoms with van der Waals surface area (Å²) < 4.78 is 5.30. The van der Waals surface area contributed by atoms with Gasteiger partial charge in [-0.1, -0.05) is 0 Å². The third kappa shape index (κ3) is 3.86. The number of anilines is 1. The van der Waals surface area contributed by atoms with Crippen LogP contribution in [-0.2, 0) is 0 Å². The van der Waals surface area contributed by atoms with Gasteiger partial charge in [-0.2, -0.15) is 4.98 Å². The average Bonchev–Trinajstić information content (AvgIpc) is 2.18. The van der Waals surface area contributed by atoms with Gasteiger partial charge < -0.3 is 10.1 Å². The Bertz CT molecular complexity index is 357. The second-order valence-electron chi connectivity index (χ2n) is 2.99. The molecule has 80 valence electrons. The first-order valence-corrected chi connectivity index (χ1v) is 4.92. The Morgan fingerprint density at radius 3 is 3.00 bits per heavy atom. The fraction of sp³-hybridized carbons (Fsp3) is 0.455. The van der Waals surface area contributed by atoms with Crippen LogP contribution in [0.5, 0.6) is 5.88 Å². The molecule has 1 N–H and O–H groups in total. The van der Waals surface area contributed by atoms with Crippen molar-refractivity contribution in [3.8, 4) is 18.2 Å². The lowest BCUT2D eigenvalue weighted by molar-refractivity contribution is 0.326. The predicted octanol–water partition coefficient (Wildman–Crippen LogP) is 1.62. The van der Waals surface area contributed by atoms with Crippen LogP contribution in [0.1, 0.15) is 19.0 Å². The van der Waals surface area contributed by atoms with E-state index in [2.05, 4.69) is 21.2 Å². The van der Waals surface area contributed by atoms with Gasteiger partial charge in [0.25, 0.3) is 0 Å². The summed E-state index contributed by atoms with van der Waals surface area (Å²) in [7, 11) is 0. The van der Waals surface area contributed by atoms with E-state index in [9.17, 15) is 0 Å². The van der Waals surface area contributed by atoms with Crippen LogP contribution in [0.15, 0.2) is 6.07 Å². The molecule has 1 rings (SSSR count). The average molecular weight is 205 g/mol. The minimum atomic E-state index is 0.564. The first-order chi connectivity index (χ1) is 7.26. The van der Waals surface area contributed by atoms with Crippen molar-refractivity contribution in [1.82, 2.24) is 9.97 Å². The summed E-state index contributed by atoms with van der Waals surface area (Å²) in [6, 6.07) is 1.80. The highest BCUT2D eigenvalue weighted by Gasteiger charge is 2.01. The first-order valence-electron chi connectivity index (χ1n) is 4.92. The van der Waals surface area contributed by atoms with Crippen LogP contribution in [0.25, 0.3) is 0 Å². The van der Waals surface area contributed by atoms with E-state index in [-0.39, 0.29) is 0 Å². The Balaban J connectivity index is 2.67. The van der Waals surface area contributed by atoms with Crippen LogP contribution in [-0.4, -0.2) is 23.1 Å². The maximum Gasteiger partial charge on any atom is 0.226 e. The van der Waals surface area contributed by atoms with Crippen molar-refractivity contribution >= 4 is 5.95 Å². The summed E-state index contributed by atoms with van der Waals surface area (Å²) >= 11 is 0. The first kappa shape index (κ1) is 11.3. The minimum Gasteiger partial charge on any atom is -0.478 e. The van der Waals surface area contributed by atoms with Crippen LogP contribution in [0.2, 0.25) is 0 Å². The van der Waals surface area contributed by atoms with Crippen molar-refractivity contribution in [3.63, 3.8) is 0 Å². The van der Waals surface area contributed by atoms with Crippen LogP contribution in [0.3, 0.4) is 0 Å². The molecule has 0 fully saturated rings. The van der Waals surface area contributed by atoms with Gasteiger partial charge in [0.2, 0.25) is 11.8 Å². The Labute approximate surface area is 90.1 Å². The van der Waals surface area contributed by atoms with Gasteiger partial charge in [-0.05, 0) is 13.8 Å². The van der Waals surface area contributed by atoms with Crippen molar-refractivity contribution < 1.29 is 4.74 Å². The highest BCUT2D eigenvalue weighted by molar-refractivity contribution is 5.30. The molecule has 0 bridgehead atoms. The van der Waals surface area contributed by atoms with Crippen molar-refractivity contribution in [2.24, 2.45) is 0 Å². The number of hydrogen-bond acceptors (Lipinski definition) is 4. The number of hydrogen-bond donors (Lipinski definition) is 1. The van der Waals surface area contributed by atoms with E-state index in [0.717, 1.165) is 5.69 Å². The molecule has 0 atom stereocenters.